The molecule has 0 aromatic heterocycles. The van der Waals surface area contributed by atoms with Crippen LogP contribution in [0.4, 0.5) is 0 Å². The van der Waals surface area contributed by atoms with Gasteiger partial charge in [-0.25, -0.2) is 9.13 Å². The lowest BCUT2D eigenvalue weighted by Crippen LogP contribution is -2.60. The molecule has 7 N–H and O–H groups in total. The van der Waals surface area contributed by atoms with Gasteiger partial charge in [-0.2, -0.15) is 0 Å². The lowest BCUT2D eigenvalue weighted by molar-refractivity contribution is -0.296. The van der Waals surface area contributed by atoms with Crippen molar-refractivity contribution in [1.29, 1.82) is 0 Å². The van der Waals surface area contributed by atoms with Crippen LogP contribution in [0.1, 0.15) is 0 Å². The minimum atomic E-state index is -5.20. The van der Waals surface area contributed by atoms with Gasteiger partial charge in [0.05, 0.1) is 19.8 Å². The fourth-order valence-electron chi connectivity index (χ4n) is 1.91. The second-order valence-electron chi connectivity index (χ2n) is 4.43. The molecule has 0 radical (unpaired) electrons. The lowest BCUT2D eigenvalue weighted by Gasteiger charge is -2.43. The van der Waals surface area contributed by atoms with Gasteiger partial charge in [-0.05, 0) is 0 Å². The van der Waals surface area contributed by atoms with Crippen molar-refractivity contribution in [2.75, 3.05) is 19.8 Å². The summed E-state index contributed by atoms with van der Waals surface area (Å²) < 4.78 is 40.5. The van der Waals surface area contributed by atoms with Crippen molar-refractivity contribution in [3.05, 3.63) is 0 Å². The highest BCUT2D eigenvalue weighted by atomic mass is 31.2. The summed E-state index contributed by atoms with van der Waals surface area (Å²) >= 11 is 0. The average Bonchev–Trinajstić information content (AvgIpc) is 2.39. The van der Waals surface area contributed by atoms with E-state index in [1.54, 1.807) is 0 Å². The summed E-state index contributed by atoms with van der Waals surface area (Å²) in [6.07, 6.45) is -8.96. The Hall–Kier alpha value is 0.0200. The minimum absolute atomic E-state index is 0.327. The van der Waals surface area contributed by atoms with Gasteiger partial charge in [0, 0.05) is 0 Å². The first-order chi connectivity index (χ1) is 10.5. The highest BCUT2D eigenvalue weighted by Crippen LogP contribution is 2.46. The SMILES string of the molecule is O=P(O)(O)O[C@@H]1[C@@H](O)[C@@H](OCCO)O[C@H](CO)[C@H]1OP(=O)(O)O. The van der Waals surface area contributed by atoms with E-state index in [9.17, 15) is 19.3 Å². The van der Waals surface area contributed by atoms with Crippen LogP contribution in [0.15, 0.2) is 0 Å². The molecule has 1 aliphatic rings. The van der Waals surface area contributed by atoms with Gasteiger partial charge >= 0.3 is 15.6 Å². The Balaban J connectivity index is 3.07. The smallest absolute Gasteiger partial charge is 0.394 e. The van der Waals surface area contributed by atoms with Crippen molar-refractivity contribution in [3.63, 3.8) is 0 Å². The van der Waals surface area contributed by atoms with Gasteiger partial charge in [-0.3, -0.25) is 9.05 Å². The van der Waals surface area contributed by atoms with Crippen LogP contribution in [0, 0.1) is 0 Å². The summed E-state index contributed by atoms with van der Waals surface area (Å²) in [5.41, 5.74) is 0. The maximum Gasteiger partial charge on any atom is 0.470 e. The lowest BCUT2D eigenvalue weighted by atomic mass is 9.99. The highest BCUT2D eigenvalue weighted by Gasteiger charge is 2.51. The molecule has 0 aliphatic carbocycles. The number of phosphoric acid groups is 2. The number of hydrogen-bond donors (Lipinski definition) is 7. The molecule has 0 spiro atoms. The molecule has 0 aromatic carbocycles. The van der Waals surface area contributed by atoms with E-state index in [4.69, 9.17) is 34.2 Å². The molecule has 5 atom stereocenters. The fourth-order valence-corrected chi connectivity index (χ4v) is 3.05. The van der Waals surface area contributed by atoms with E-state index in [1.807, 2.05) is 0 Å². The van der Waals surface area contributed by atoms with Gasteiger partial charge in [0.2, 0.25) is 0 Å². The van der Waals surface area contributed by atoms with Gasteiger partial charge < -0.3 is 44.4 Å². The third-order valence-corrected chi connectivity index (χ3v) is 3.72. The van der Waals surface area contributed by atoms with E-state index in [2.05, 4.69) is 9.05 Å². The number of hydrogen-bond acceptors (Lipinski definition) is 9. The Morgan fingerprint density at radius 3 is 1.91 bits per heavy atom. The van der Waals surface area contributed by atoms with E-state index < -0.39 is 59.6 Å². The summed E-state index contributed by atoms with van der Waals surface area (Å²) in [4.78, 5) is 35.4. The highest BCUT2D eigenvalue weighted by molar-refractivity contribution is 7.46. The zero-order valence-electron chi connectivity index (χ0n) is 11.5. The predicted molar refractivity (Wildman–Crippen MR) is 68.6 cm³/mol. The second-order valence-corrected chi connectivity index (χ2v) is 6.82. The first-order valence-electron chi connectivity index (χ1n) is 6.13. The van der Waals surface area contributed by atoms with E-state index in [0.717, 1.165) is 0 Å². The van der Waals surface area contributed by atoms with Crippen LogP contribution in [0.3, 0.4) is 0 Å². The predicted octanol–water partition coefficient (Wildman–Crippen LogP) is -2.97. The molecule has 13 nitrogen and oxygen atoms in total. The number of ether oxygens (including phenoxy) is 2. The Morgan fingerprint density at radius 2 is 1.48 bits per heavy atom. The Morgan fingerprint density at radius 1 is 0.957 bits per heavy atom. The van der Waals surface area contributed by atoms with Gasteiger partial charge in [0.15, 0.2) is 6.29 Å². The van der Waals surface area contributed by atoms with E-state index in [0.29, 0.717) is 0 Å². The minimum Gasteiger partial charge on any atom is -0.394 e. The largest absolute Gasteiger partial charge is 0.470 e. The topological polar surface area (TPSA) is 213 Å². The molecule has 1 saturated heterocycles. The third kappa shape index (κ3) is 6.80. The molecule has 1 rings (SSSR count). The van der Waals surface area contributed by atoms with Crippen molar-refractivity contribution in [1.82, 2.24) is 0 Å². The number of rotatable bonds is 8. The quantitative estimate of drug-likeness (QED) is 0.208. The summed E-state index contributed by atoms with van der Waals surface area (Å²) in [5.74, 6) is 0. The van der Waals surface area contributed by atoms with Crippen molar-refractivity contribution in [3.8, 4) is 0 Å². The van der Waals surface area contributed by atoms with E-state index in [-0.39, 0.29) is 6.61 Å². The van der Waals surface area contributed by atoms with Gasteiger partial charge in [0.1, 0.15) is 24.4 Å². The van der Waals surface area contributed by atoms with Crippen molar-refractivity contribution < 1.29 is 62.5 Å². The molecule has 0 amide bonds. The maximum absolute atomic E-state index is 11.0. The fraction of sp³-hybridized carbons (Fsp3) is 1.00. The molecule has 15 heteroatoms. The summed E-state index contributed by atoms with van der Waals surface area (Å²) in [6.45, 7) is -1.69. The zero-order valence-corrected chi connectivity index (χ0v) is 13.3. The molecule has 138 valence electrons. The summed E-state index contributed by atoms with van der Waals surface area (Å²) in [7, 11) is -10.4. The van der Waals surface area contributed by atoms with Crippen LogP contribution in [-0.2, 0) is 27.7 Å². The molecule has 0 unspecified atom stereocenters. The molecular weight excluding hydrogens is 366 g/mol. The van der Waals surface area contributed by atoms with E-state index in [1.165, 1.54) is 0 Å². The van der Waals surface area contributed by atoms with Crippen LogP contribution in [0.25, 0.3) is 0 Å². The Bertz CT molecular complexity index is 459. The molecule has 1 heterocycles. The van der Waals surface area contributed by atoms with Crippen LogP contribution in [-0.4, -0.2) is 85.4 Å². The zero-order chi connectivity index (χ0) is 17.8. The van der Waals surface area contributed by atoms with Crippen LogP contribution < -0.4 is 0 Å². The summed E-state index contributed by atoms with van der Waals surface area (Å²) in [5, 5.41) is 27.9. The van der Waals surface area contributed by atoms with Crippen molar-refractivity contribution in [2.45, 2.75) is 30.7 Å². The maximum atomic E-state index is 11.0. The van der Waals surface area contributed by atoms with Gasteiger partial charge in [-0.15, -0.1) is 0 Å². The van der Waals surface area contributed by atoms with Gasteiger partial charge in [0.25, 0.3) is 0 Å². The molecule has 0 bridgehead atoms. The molecule has 1 aliphatic heterocycles. The molecule has 23 heavy (non-hydrogen) atoms. The normalized spacial score (nSPS) is 32.9. The van der Waals surface area contributed by atoms with Crippen molar-refractivity contribution >= 4 is 15.6 Å². The third-order valence-electron chi connectivity index (χ3n) is 2.69. The number of phosphoric ester groups is 2. The second kappa shape index (κ2) is 8.41. The first-order valence-corrected chi connectivity index (χ1v) is 9.19. The van der Waals surface area contributed by atoms with Crippen LogP contribution >= 0.6 is 15.6 Å². The molecular formula is C8H18O13P2. The first kappa shape index (κ1) is 21.1. The number of aliphatic hydroxyl groups excluding tert-OH is 3. The van der Waals surface area contributed by atoms with E-state index >= 15 is 0 Å². The van der Waals surface area contributed by atoms with Crippen LogP contribution in [0.2, 0.25) is 0 Å². The number of aliphatic hydroxyl groups is 3. The summed E-state index contributed by atoms with van der Waals surface area (Å²) in [6, 6.07) is 0. The Labute approximate surface area is 129 Å². The molecule has 1 fully saturated rings. The van der Waals surface area contributed by atoms with Gasteiger partial charge in [-0.1, -0.05) is 0 Å². The van der Waals surface area contributed by atoms with Crippen molar-refractivity contribution in [2.24, 2.45) is 0 Å². The molecule has 0 aromatic rings. The average molecular weight is 384 g/mol. The standard InChI is InChI=1S/C8H18O13P2/c9-1-2-18-8-5(11)7(21-23(15,16)17)6(4(3-10)19-8)20-22(12,13)14/h4-11H,1-3H2,(H2,12,13,14)(H2,15,16,17)/t4-,5-,6-,7-,8+/m1/s1. The Kier molecular flexibility index (Phi) is 7.70. The monoisotopic (exact) mass is 384 g/mol. The van der Waals surface area contributed by atoms with Crippen LogP contribution in [0.5, 0.6) is 0 Å². The molecule has 0 saturated carbocycles.